The number of hydrogen-bond acceptors (Lipinski definition) is 6. The van der Waals surface area contributed by atoms with E-state index in [2.05, 4.69) is 25.9 Å². The Balaban J connectivity index is 0.00000576. The number of thiazole rings is 1. The number of aliphatic imine (C=N–C) groups is 1. The Morgan fingerprint density at radius 1 is 1.28 bits per heavy atom. The molecule has 0 radical (unpaired) electrons. The minimum Gasteiger partial charge on any atom is -0.444 e. The first-order valence-corrected chi connectivity index (χ1v) is 8.62. The lowest BCUT2D eigenvalue weighted by atomic mass is 10.2. The molecule has 1 amide bonds. The Kier molecular flexibility index (Phi) is 10.8. The summed E-state index contributed by atoms with van der Waals surface area (Å²) in [6.45, 7) is 7.06. The van der Waals surface area contributed by atoms with Gasteiger partial charge in [0.15, 0.2) is 11.1 Å². The third-order valence-electron chi connectivity index (χ3n) is 2.67. The largest absolute Gasteiger partial charge is 0.444 e. The molecule has 0 aliphatic rings. The van der Waals surface area contributed by atoms with Gasteiger partial charge >= 0.3 is 6.09 Å². The zero-order valence-electron chi connectivity index (χ0n) is 15.7. The van der Waals surface area contributed by atoms with Crippen LogP contribution in [0.2, 0.25) is 0 Å². The summed E-state index contributed by atoms with van der Waals surface area (Å²) in [5.41, 5.74) is 0.465. The van der Waals surface area contributed by atoms with Crippen molar-refractivity contribution in [2.75, 3.05) is 39.1 Å². The van der Waals surface area contributed by atoms with Crippen LogP contribution in [0.25, 0.3) is 0 Å². The van der Waals surface area contributed by atoms with Gasteiger partial charge in [0.1, 0.15) is 5.60 Å². The molecule has 1 aromatic rings. The Morgan fingerprint density at radius 3 is 2.44 bits per heavy atom. The van der Waals surface area contributed by atoms with Crippen molar-refractivity contribution in [1.29, 1.82) is 0 Å². The molecule has 1 heterocycles. The standard InChI is InChI=1S/C15H28N6O2S.HI/c1-15(2,3)23-14(22)18-8-7-17-12(16-4)19-9-11-10-24-13(20-11)21(5)6;/h10H,7-9H2,1-6H3,(H,18,22)(H2,16,17,19);1H. The second kappa shape index (κ2) is 11.3. The van der Waals surface area contributed by atoms with Gasteiger partial charge in [-0.1, -0.05) is 0 Å². The molecule has 0 aliphatic carbocycles. The predicted molar refractivity (Wildman–Crippen MR) is 114 cm³/mol. The maximum absolute atomic E-state index is 11.5. The third-order valence-corrected chi connectivity index (χ3v) is 3.73. The van der Waals surface area contributed by atoms with Crippen molar-refractivity contribution >= 4 is 52.5 Å². The summed E-state index contributed by atoms with van der Waals surface area (Å²) in [7, 11) is 5.63. The molecule has 0 fully saturated rings. The molecule has 0 aliphatic heterocycles. The molecule has 0 unspecified atom stereocenters. The van der Waals surface area contributed by atoms with E-state index in [9.17, 15) is 4.79 Å². The molecular weight excluding hydrogens is 455 g/mol. The monoisotopic (exact) mass is 484 g/mol. The predicted octanol–water partition coefficient (Wildman–Crippen LogP) is 2.02. The van der Waals surface area contributed by atoms with Gasteiger partial charge < -0.3 is 25.6 Å². The lowest BCUT2D eigenvalue weighted by molar-refractivity contribution is 0.0529. The second-order valence-corrected chi connectivity index (χ2v) is 7.13. The summed E-state index contributed by atoms with van der Waals surface area (Å²) in [4.78, 5) is 22.1. The van der Waals surface area contributed by atoms with Crippen LogP contribution in [-0.4, -0.2) is 56.9 Å². The molecule has 25 heavy (non-hydrogen) atoms. The molecule has 1 rings (SSSR count). The van der Waals surface area contributed by atoms with Crippen LogP contribution in [-0.2, 0) is 11.3 Å². The zero-order chi connectivity index (χ0) is 18.2. The van der Waals surface area contributed by atoms with E-state index in [-0.39, 0.29) is 24.0 Å². The van der Waals surface area contributed by atoms with Gasteiger partial charge in [0.25, 0.3) is 0 Å². The number of nitrogens with one attached hydrogen (secondary N) is 3. The maximum Gasteiger partial charge on any atom is 0.407 e. The van der Waals surface area contributed by atoms with Crippen molar-refractivity contribution in [1.82, 2.24) is 20.9 Å². The van der Waals surface area contributed by atoms with Crippen molar-refractivity contribution < 1.29 is 9.53 Å². The first-order valence-electron chi connectivity index (χ1n) is 7.74. The fourth-order valence-electron chi connectivity index (χ4n) is 1.64. The van der Waals surface area contributed by atoms with Crippen LogP contribution in [0.1, 0.15) is 26.5 Å². The van der Waals surface area contributed by atoms with Crippen LogP contribution in [0, 0.1) is 0 Å². The highest BCUT2D eigenvalue weighted by Crippen LogP contribution is 2.17. The van der Waals surface area contributed by atoms with Crippen LogP contribution < -0.4 is 20.9 Å². The van der Waals surface area contributed by atoms with E-state index in [0.717, 1.165) is 10.8 Å². The van der Waals surface area contributed by atoms with E-state index in [4.69, 9.17) is 4.74 Å². The summed E-state index contributed by atoms with van der Waals surface area (Å²) >= 11 is 1.60. The topological polar surface area (TPSA) is 90.9 Å². The molecule has 3 N–H and O–H groups in total. The number of amides is 1. The van der Waals surface area contributed by atoms with E-state index >= 15 is 0 Å². The van der Waals surface area contributed by atoms with E-state index in [1.54, 1.807) is 18.4 Å². The number of halogens is 1. The third kappa shape index (κ3) is 10.3. The van der Waals surface area contributed by atoms with Gasteiger partial charge in [0.2, 0.25) is 0 Å². The molecule has 0 atom stereocenters. The van der Waals surface area contributed by atoms with Crippen LogP contribution >= 0.6 is 35.3 Å². The summed E-state index contributed by atoms with van der Waals surface area (Å²) in [6, 6.07) is 0. The Morgan fingerprint density at radius 2 is 1.92 bits per heavy atom. The van der Waals surface area contributed by atoms with Crippen molar-refractivity contribution in [3.05, 3.63) is 11.1 Å². The zero-order valence-corrected chi connectivity index (χ0v) is 18.8. The van der Waals surface area contributed by atoms with Crippen molar-refractivity contribution in [2.45, 2.75) is 32.9 Å². The lowest BCUT2D eigenvalue weighted by Gasteiger charge is -2.19. The normalized spacial score (nSPS) is 11.4. The molecule has 0 saturated carbocycles. The van der Waals surface area contributed by atoms with E-state index in [0.29, 0.717) is 25.6 Å². The van der Waals surface area contributed by atoms with Gasteiger partial charge in [-0.05, 0) is 20.8 Å². The molecule has 144 valence electrons. The number of nitrogens with zero attached hydrogens (tertiary/aromatic N) is 3. The van der Waals surface area contributed by atoms with Crippen LogP contribution in [0.4, 0.5) is 9.93 Å². The number of carbonyl (C=O) groups is 1. The maximum atomic E-state index is 11.5. The van der Waals surface area contributed by atoms with E-state index in [1.807, 2.05) is 45.1 Å². The second-order valence-electron chi connectivity index (χ2n) is 6.30. The van der Waals surface area contributed by atoms with Crippen LogP contribution in [0.5, 0.6) is 0 Å². The molecule has 8 nitrogen and oxygen atoms in total. The average molecular weight is 484 g/mol. The number of rotatable bonds is 6. The number of aromatic nitrogens is 1. The molecule has 10 heteroatoms. The smallest absolute Gasteiger partial charge is 0.407 e. The fraction of sp³-hybridized carbons (Fsp3) is 0.667. The Labute approximate surface area is 170 Å². The number of carbonyl (C=O) groups excluding carboxylic acids is 1. The first kappa shape index (κ1) is 23.7. The minimum atomic E-state index is -0.492. The molecule has 0 aromatic carbocycles. The SMILES string of the molecule is CN=C(NCCNC(=O)OC(C)(C)C)NCc1csc(N(C)C)n1.I. The summed E-state index contributed by atoms with van der Waals surface area (Å²) in [6.07, 6.45) is -0.425. The lowest BCUT2D eigenvalue weighted by Crippen LogP contribution is -2.42. The molecule has 0 spiro atoms. The van der Waals surface area contributed by atoms with Crippen molar-refractivity contribution in [3.8, 4) is 0 Å². The number of ether oxygens (including phenoxy) is 1. The van der Waals surface area contributed by atoms with Gasteiger partial charge in [0, 0.05) is 39.6 Å². The van der Waals surface area contributed by atoms with Crippen molar-refractivity contribution in [2.24, 2.45) is 4.99 Å². The molecule has 0 bridgehead atoms. The number of hydrogen-bond donors (Lipinski definition) is 3. The summed E-state index contributed by atoms with van der Waals surface area (Å²) in [5.74, 6) is 0.653. The number of alkyl carbamates (subject to hydrolysis) is 1. The molecule has 0 saturated heterocycles. The highest BCUT2D eigenvalue weighted by molar-refractivity contribution is 14.0. The highest BCUT2D eigenvalue weighted by Gasteiger charge is 2.15. The first-order chi connectivity index (χ1) is 11.2. The number of anilines is 1. The van der Waals surface area contributed by atoms with E-state index < -0.39 is 11.7 Å². The number of guanidine groups is 1. The van der Waals surface area contributed by atoms with Crippen LogP contribution in [0.3, 0.4) is 0 Å². The van der Waals surface area contributed by atoms with Gasteiger partial charge in [-0.15, -0.1) is 35.3 Å². The summed E-state index contributed by atoms with van der Waals surface area (Å²) < 4.78 is 5.16. The fourth-order valence-corrected chi connectivity index (χ4v) is 2.40. The van der Waals surface area contributed by atoms with Crippen LogP contribution in [0.15, 0.2) is 10.4 Å². The van der Waals surface area contributed by atoms with Gasteiger partial charge in [-0.3, -0.25) is 4.99 Å². The van der Waals surface area contributed by atoms with Gasteiger partial charge in [0.05, 0.1) is 12.2 Å². The average Bonchev–Trinajstić information content (AvgIpc) is 2.93. The van der Waals surface area contributed by atoms with Crippen molar-refractivity contribution in [3.63, 3.8) is 0 Å². The van der Waals surface area contributed by atoms with Gasteiger partial charge in [-0.2, -0.15) is 0 Å². The Hall–Kier alpha value is -1.30. The minimum absolute atomic E-state index is 0. The van der Waals surface area contributed by atoms with Gasteiger partial charge in [-0.25, -0.2) is 9.78 Å². The molecular formula is C15H29IN6O2S. The highest BCUT2D eigenvalue weighted by atomic mass is 127. The molecule has 1 aromatic heterocycles. The van der Waals surface area contributed by atoms with E-state index in [1.165, 1.54) is 0 Å². The summed E-state index contributed by atoms with van der Waals surface area (Å²) in [5, 5.41) is 12.0. The Bertz CT molecular complexity index is 556. The quantitative estimate of drug-likeness (QED) is 0.248.